The molecule has 0 unspecified atom stereocenters. The molecule has 1 aliphatic rings. The minimum absolute atomic E-state index is 0.202. The van der Waals surface area contributed by atoms with Gasteiger partial charge in [0.05, 0.1) is 0 Å². The normalized spacial score (nSPS) is 13.1. The highest BCUT2D eigenvalue weighted by Gasteiger charge is 2.29. The summed E-state index contributed by atoms with van der Waals surface area (Å²) >= 11 is 6.43. The lowest BCUT2D eigenvalue weighted by atomic mass is 10.0. The summed E-state index contributed by atoms with van der Waals surface area (Å²) in [5.41, 5.74) is 5.54. The van der Waals surface area contributed by atoms with E-state index in [4.69, 9.17) is 16.8 Å². The SMILES string of the molecule is O=C(NO)c1ccc2c(c1)N(C(=O)C(=Cc1ccccc1)c1ccccc1Cl)CC2. The fraction of sp³-hybridized carbons (Fsp3) is 0.0833. The molecular weight excluding hydrogens is 400 g/mol. The molecule has 3 aromatic rings. The number of hydrogen-bond acceptors (Lipinski definition) is 3. The molecule has 5 nitrogen and oxygen atoms in total. The zero-order valence-corrected chi connectivity index (χ0v) is 16.8. The van der Waals surface area contributed by atoms with Crippen LogP contribution < -0.4 is 10.4 Å². The van der Waals surface area contributed by atoms with E-state index in [-0.39, 0.29) is 11.5 Å². The fourth-order valence-corrected chi connectivity index (χ4v) is 3.83. The minimum Gasteiger partial charge on any atom is -0.308 e. The first-order chi connectivity index (χ1) is 14.6. The number of hydroxylamine groups is 1. The topological polar surface area (TPSA) is 69.6 Å². The second-order valence-electron chi connectivity index (χ2n) is 6.94. The number of hydrogen-bond donors (Lipinski definition) is 2. The Hall–Kier alpha value is -3.41. The number of nitrogens with zero attached hydrogens (tertiary/aromatic N) is 1. The zero-order valence-electron chi connectivity index (χ0n) is 16.0. The van der Waals surface area contributed by atoms with E-state index in [1.165, 1.54) is 0 Å². The molecule has 0 saturated carbocycles. The summed E-state index contributed by atoms with van der Waals surface area (Å²) in [7, 11) is 0. The Bertz CT molecular complexity index is 1140. The molecule has 30 heavy (non-hydrogen) atoms. The molecule has 2 N–H and O–H groups in total. The van der Waals surface area contributed by atoms with Crippen LogP contribution >= 0.6 is 11.6 Å². The smallest absolute Gasteiger partial charge is 0.274 e. The Morgan fingerprint density at radius 2 is 1.73 bits per heavy atom. The summed E-state index contributed by atoms with van der Waals surface area (Å²) in [4.78, 5) is 27.2. The van der Waals surface area contributed by atoms with Crippen molar-refractivity contribution in [1.82, 2.24) is 5.48 Å². The summed E-state index contributed by atoms with van der Waals surface area (Å²) in [5, 5.41) is 9.43. The molecule has 0 aromatic heterocycles. The van der Waals surface area contributed by atoms with Crippen LogP contribution in [0.4, 0.5) is 5.69 Å². The van der Waals surface area contributed by atoms with Crippen molar-refractivity contribution in [3.63, 3.8) is 0 Å². The van der Waals surface area contributed by atoms with Crippen LogP contribution in [-0.4, -0.2) is 23.6 Å². The van der Waals surface area contributed by atoms with Gasteiger partial charge in [0.25, 0.3) is 11.8 Å². The van der Waals surface area contributed by atoms with Gasteiger partial charge in [0, 0.05) is 34.0 Å². The average molecular weight is 419 g/mol. The van der Waals surface area contributed by atoms with Gasteiger partial charge in [-0.15, -0.1) is 0 Å². The summed E-state index contributed by atoms with van der Waals surface area (Å²) in [6.45, 7) is 0.495. The van der Waals surface area contributed by atoms with Gasteiger partial charge in [-0.25, -0.2) is 5.48 Å². The van der Waals surface area contributed by atoms with Crippen LogP contribution in [0, 0.1) is 0 Å². The van der Waals surface area contributed by atoms with Crippen LogP contribution in [0.1, 0.15) is 27.0 Å². The van der Waals surface area contributed by atoms with E-state index in [1.54, 1.807) is 28.6 Å². The summed E-state index contributed by atoms with van der Waals surface area (Å²) in [6, 6.07) is 21.9. The molecule has 0 spiro atoms. The Labute approximate surface area is 179 Å². The second kappa shape index (κ2) is 8.53. The molecule has 0 saturated heterocycles. The van der Waals surface area contributed by atoms with Crippen LogP contribution in [0.2, 0.25) is 5.02 Å². The van der Waals surface area contributed by atoms with Gasteiger partial charge < -0.3 is 4.90 Å². The first-order valence-corrected chi connectivity index (χ1v) is 9.87. The molecule has 0 aliphatic carbocycles. The maximum absolute atomic E-state index is 13.7. The van der Waals surface area contributed by atoms with Crippen molar-refractivity contribution in [2.45, 2.75) is 6.42 Å². The van der Waals surface area contributed by atoms with Gasteiger partial charge >= 0.3 is 0 Å². The van der Waals surface area contributed by atoms with Gasteiger partial charge in [0.15, 0.2) is 0 Å². The van der Waals surface area contributed by atoms with E-state index >= 15 is 0 Å². The maximum atomic E-state index is 13.7. The lowest BCUT2D eigenvalue weighted by Gasteiger charge is -2.21. The molecule has 150 valence electrons. The van der Waals surface area contributed by atoms with E-state index in [2.05, 4.69) is 0 Å². The van der Waals surface area contributed by atoms with Gasteiger partial charge in [-0.3, -0.25) is 14.8 Å². The van der Waals surface area contributed by atoms with Gasteiger partial charge in [-0.05, 0) is 41.8 Å². The van der Waals surface area contributed by atoms with Crippen LogP contribution in [0.5, 0.6) is 0 Å². The predicted octanol–water partition coefficient (Wildman–Crippen LogP) is 4.59. The lowest BCUT2D eigenvalue weighted by molar-refractivity contribution is -0.113. The van der Waals surface area contributed by atoms with Gasteiger partial charge in [0.1, 0.15) is 0 Å². The number of rotatable bonds is 4. The van der Waals surface area contributed by atoms with Crippen molar-refractivity contribution in [2.24, 2.45) is 0 Å². The molecule has 6 heteroatoms. The monoisotopic (exact) mass is 418 g/mol. The quantitative estimate of drug-likeness (QED) is 0.282. The van der Waals surface area contributed by atoms with Crippen molar-refractivity contribution in [2.75, 3.05) is 11.4 Å². The van der Waals surface area contributed by atoms with Crippen molar-refractivity contribution in [3.8, 4) is 0 Å². The standard InChI is InChI=1S/C24H19ClN2O3/c25-21-9-5-4-8-19(21)20(14-16-6-2-1-3-7-16)24(29)27-13-12-17-10-11-18(15-22(17)27)23(28)26-30/h1-11,14-15,30H,12-13H2,(H,26,28). The number of anilines is 1. The van der Waals surface area contributed by atoms with Gasteiger partial charge in [-0.2, -0.15) is 0 Å². The highest BCUT2D eigenvalue weighted by Crippen LogP contribution is 2.34. The molecule has 0 radical (unpaired) electrons. The van der Waals surface area contributed by atoms with Crippen molar-refractivity contribution >= 4 is 40.8 Å². The second-order valence-corrected chi connectivity index (χ2v) is 7.35. The van der Waals surface area contributed by atoms with Crippen LogP contribution in [0.3, 0.4) is 0 Å². The van der Waals surface area contributed by atoms with Crippen molar-refractivity contribution in [1.29, 1.82) is 0 Å². The lowest BCUT2D eigenvalue weighted by Crippen LogP contribution is -2.30. The molecule has 0 atom stereocenters. The summed E-state index contributed by atoms with van der Waals surface area (Å²) in [6.07, 6.45) is 2.51. The largest absolute Gasteiger partial charge is 0.308 e. The molecule has 1 aliphatic heterocycles. The number of benzene rings is 3. The summed E-state index contributed by atoms with van der Waals surface area (Å²) in [5.74, 6) is -0.824. The van der Waals surface area contributed by atoms with Gasteiger partial charge in [-0.1, -0.05) is 66.2 Å². The van der Waals surface area contributed by atoms with E-state index in [1.807, 2.05) is 60.7 Å². The van der Waals surface area contributed by atoms with E-state index < -0.39 is 5.91 Å². The van der Waals surface area contributed by atoms with Crippen LogP contribution in [-0.2, 0) is 11.2 Å². The van der Waals surface area contributed by atoms with E-state index in [0.29, 0.717) is 34.8 Å². The highest BCUT2D eigenvalue weighted by molar-refractivity contribution is 6.37. The Balaban J connectivity index is 1.79. The Morgan fingerprint density at radius 3 is 2.47 bits per heavy atom. The number of carbonyl (C=O) groups excluding carboxylic acids is 2. The van der Waals surface area contributed by atoms with Gasteiger partial charge in [0.2, 0.25) is 0 Å². The van der Waals surface area contributed by atoms with E-state index in [9.17, 15) is 9.59 Å². The molecule has 0 bridgehead atoms. The first kappa shape index (κ1) is 19.9. The average Bonchev–Trinajstić information content (AvgIpc) is 3.21. The minimum atomic E-state index is -0.622. The summed E-state index contributed by atoms with van der Waals surface area (Å²) < 4.78 is 0. The zero-order chi connectivity index (χ0) is 21.1. The third-order valence-corrected chi connectivity index (χ3v) is 5.42. The molecule has 3 aromatic carbocycles. The molecule has 1 heterocycles. The number of halogens is 1. The molecule has 4 rings (SSSR count). The maximum Gasteiger partial charge on any atom is 0.274 e. The third kappa shape index (κ3) is 3.85. The first-order valence-electron chi connectivity index (χ1n) is 9.49. The van der Waals surface area contributed by atoms with Crippen LogP contribution in [0.15, 0.2) is 72.8 Å². The van der Waals surface area contributed by atoms with E-state index in [0.717, 1.165) is 11.1 Å². The number of carbonyl (C=O) groups is 2. The fourth-order valence-electron chi connectivity index (χ4n) is 3.59. The molecule has 2 amide bonds. The number of amides is 2. The number of fused-ring (bicyclic) bond motifs is 1. The Kier molecular flexibility index (Phi) is 5.65. The van der Waals surface area contributed by atoms with Crippen LogP contribution in [0.25, 0.3) is 11.6 Å². The third-order valence-electron chi connectivity index (χ3n) is 5.09. The molecule has 0 fully saturated rings. The highest BCUT2D eigenvalue weighted by atomic mass is 35.5. The molecular formula is C24H19ClN2O3. The van der Waals surface area contributed by atoms with Crippen molar-refractivity contribution in [3.05, 3.63) is 100 Å². The predicted molar refractivity (Wildman–Crippen MR) is 118 cm³/mol. The number of nitrogens with one attached hydrogen (secondary N) is 1. The Morgan fingerprint density at radius 1 is 1.00 bits per heavy atom. The van der Waals surface area contributed by atoms with Crippen molar-refractivity contribution < 1.29 is 14.8 Å².